The molecule has 150 valence electrons. The zero-order chi connectivity index (χ0) is 20.7. The number of nitrogens with zero attached hydrogens (tertiary/aromatic N) is 1. The summed E-state index contributed by atoms with van der Waals surface area (Å²) in [5.41, 5.74) is 3.12. The number of nitrogens with one attached hydrogen (secondary N) is 1. The van der Waals surface area contributed by atoms with Gasteiger partial charge < -0.3 is 19.7 Å². The molecule has 0 aliphatic rings. The van der Waals surface area contributed by atoms with E-state index in [2.05, 4.69) is 5.32 Å². The molecule has 0 radical (unpaired) electrons. The van der Waals surface area contributed by atoms with Gasteiger partial charge in [-0.3, -0.25) is 9.59 Å². The van der Waals surface area contributed by atoms with Crippen LogP contribution in [0.1, 0.15) is 23.6 Å². The number of amides is 2. The highest BCUT2D eigenvalue weighted by molar-refractivity contribution is 5.87. The van der Waals surface area contributed by atoms with E-state index >= 15 is 0 Å². The first-order chi connectivity index (χ1) is 13.3. The second-order valence-corrected chi connectivity index (χ2v) is 6.70. The molecule has 2 aromatic rings. The molecule has 6 nitrogen and oxygen atoms in total. The van der Waals surface area contributed by atoms with Crippen LogP contribution in [0, 0.1) is 13.8 Å². The minimum Gasteiger partial charge on any atom is -0.497 e. The van der Waals surface area contributed by atoms with E-state index in [1.807, 2.05) is 56.3 Å². The van der Waals surface area contributed by atoms with Crippen LogP contribution < -0.4 is 14.8 Å². The first-order valence-corrected chi connectivity index (χ1v) is 9.19. The highest BCUT2D eigenvalue weighted by Gasteiger charge is 2.26. The molecule has 2 aromatic carbocycles. The van der Waals surface area contributed by atoms with Gasteiger partial charge in [-0.25, -0.2) is 0 Å². The quantitative estimate of drug-likeness (QED) is 0.760. The summed E-state index contributed by atoms with van der Waals surface area (Å²) < 4.78 is 10.9. The van der Waals surface area contributed by atoms with Gasteiger partial charge in [0.25, 0.3) is 5.91 Å². The molecule has 0 unspecified atom stereocenters. The monoisotopic (exact) mass is 384 g/mol. The van der Waals surface area contributed by atoms with Crippen molar-refractivity contribution in [2.45, 2.75) is 33.4 Å². The van der Waals surface area contributed by atoms with Crippen LogP contribution >= 0.6 is 0 Å². The summed E-state index contributed by atoms with van der Waals surface area (Å²) in [6.07, 6.45) is 0. The highest BCUT2D eigenvalue weighted by Crippen LogP contribution is 2.18. The van der Waals surface area contributed by atoms with Gasteiger partial charge in [0.2, 0.25) is 5.91 Å². The zero-order valence-electron chi connectivity index (χ0n) is 17.1. The number of methoxy groups -OCH3 is 1. The summed E-state index contributed by atoms with van der Waals surface area (Å²) in [5, 5.41) is 2.60. The average Bonchev–Trinajstić information content (AvgIpc) is 2.71. The number of ether oxygens (including phenoxy) is 2. The van der Waals surface area contributed by atoms with Crippen LogP contribution in [0.4, 0.5) is 0 Å². The molecule has 1 N–H and O–H groups in total. The van der Waals surface area contributed by atoms with Crippen molar-refractivity contribution in [3.63, 3.8) is 0 Å². The van der Waals surface area contributed by atoms with Gasteiger partial charge >= 0.3 is 0 Å². The van der Waals surface area contributed by atoms with E-state index in [1.165, 1.54) is 4.90 Å². The summed E-state index contributed by atoms with van der Waals surface area (Å²) in [5.74, 6) is 0.828. The third kappa shape index (κ3) is 5.49. The molecular weight excluding hydrogens is 356 g/mol. The van der Waals surface area contributed by atoms with Gasteiger partial charge in [-0.1, -0.05) is 18.2 Å². The first kappa shape index (κ1) is 21.3. The molecule has 1 atom stereocenters. The number of aryl methyl sites for hydroxylation is 2. The Bertz CT molecular complexity index is 835. The maximum atomic E-state index is 12.9. The zero-order valence-corrected chi connectivity index (χ0v) is 17.1. The average molecular weight is 384 g/mol. The predicted octanol–water partition coefficient (Wildman–Crippen LogP) is 2.85. The van der Waals surface area contributed by atoms with Crippen LogP contribution in [-0.2, 0) is 16.1 Å². The minimum absolute atomic E-state index is 0.145. The Morgan fingerprint density at radius 1 is 1.07 bits per heavy atom. The Balaban J connectivity index is 2.15. The van der Waals surface area contributed by atoms with Crippen LogP contribution in [0.15, 0.2) is 42.5 Å². The topological polar surface area (TPSA) is 67.9 Å². The lowest BCUT2D eigenvalue weighted by atomic mass is 10.1. The second-order valence-electron chi connectivity index (χ2n) is 6.70. The van der Waals surface area contributed by atoms with Crippen LogP contribution in [0.3, 0.4) is 0 Å². The molecule has 0 saturated heterocycles. The molecule has 0 spiro atoms. The maximum Gasteiger partial charge on any atom is 0.261 e. The Morgan fingerprint density at radius 2 is 1.82 bits per heavy atom. The van der Waals surface area contributed by atoms with Crippen LogP contribution in [-0.4, -0.2) is 43.5 Å². The van der Waals surface area contributed by atoms with Crippen molar-refractivity contribution < 1.29 is 19.1 Å². The van der Waals surface area contributed by atoms with Crippen molar-refractivity contribution in [1.29, 1.82) is 0 Å². The molecule has 6 heteroatoms. The van der Waals surface area contributed by atoms with Gasteiger partial charge in [-0.05, 0) is 61.7 Å². The van der Waals surface area contributed by atoms with Gasteiger partial charge in [0.1, 0.15) is 17.5 Å². The predicted molar refractivity (Wildman–Crippen MR) is 108 cm³/mol. The lowest BCUT2D eigenvalue weighted by Gasteiger charge is -2.28. The third-order valence-corrected chi connectivity index (χ3v) is 4.74. The second kappa shape index (κ2) is 9.78. The number of hydrogen-bond acceptors (Lipinski definition) is 4. The number of benzene rings is 2. The number of likely N-dealkylation sites (N-methyl/N-ethyl adjacent to an activating group) is 1. The molecule has 0 fully saturated rings. The summed E-state index contributed by atoms with van der Waals surface area (Å²) in [4.78, 5) is 26.5. The van der Waals surface area contributed by atoms with Crippen LogP contribution in [0.5, 0.6) is 11.5 Å². The molecule has 0 aliphatic carbocycles. The Morgan fingerprint density at radius 3 is 2.46 bits per heavy atom. The Kier molecular flexibility index (Phi) is 7.44. The maximum absolute atomic E-state index is 12.9. The molecule has 0 heterocycles. The van der Waals surface area contributed by atoms with Crippen molar-refractivity contribution in [2.24, 2.45) is 0 Å². The summed E-state index contributed by atoms with van der Waals surface area (Å²) in [6.45, 7) is 5.85. The number of carbonyl (C=O) groups is 2. The highest BCUT2D eigenvalue weighted by atomic mass is 16.5. The van der Waals surface area contributed by atoms with E-state index in [4.69, 9.17) is 9.47 Å². The first-order valence-electron chi connectivity index (χ1n) is 9.19. The van der Waals surface area contributed by atoms with Crippen molar-refractivity contribution in [1.82, 2.24) is 10.2 Å². The van der Waals surface area contributed by atoms with Crippen LogP contribution in [0.25, 0.3) is 0 Å². The molecule has 0 bridgehead atoms. The normalized spacial score (nSPS) is 11.5. The number of carbonyl (C=O) groups excluding carboxylic acids is 2. The van der Waals surface area contributed by atoms with E-state index in [0.29, 0.717) is 11.5 Å². The minimum atomic E-state index is -0.632. The summed E-state index contributed by atoms with van der Waals surface area (Å²) >= 11 is 0. The molecule has 28 heavy (non-hydrogen) atoms. The van der Waals surface area contributed by atoms with Crippen molar-refractivity contribution in [3.05, 3.63) is 59.2 Å². The smallest absolute Gasteiger partial charge is 0.261 e. The molecule has 0 saturated carbocycles. The lowest BCUT2D eigenvalue weighted by Crippen LogP contribution is -2.48. The van der Waals surface area contributed by atoms with Gasteiger partial charge in [0.15, 0.2) is 6.61 Å². The number of hydrogen-bond donors (Lipinski definition) is 1. The molecular formula is C22H28N2O4. The van der Waals surface area contributed by atoms with E-state index in [0.717, 1.165) is 16.7 Å². The van der Waals surface area contributed by atoms with E-state index in [1.54, 1.807) is 21.1 Å². The Labute approximate surface area is 166 Å². The van der Waals surface area contributed by atoms with Gasteiger partial charge in [-0.2, -0.15) is 0 Å². The van der Waals surface area contributed by atoms with Crippen LogP contribution in [0.2, 0.25) is 0 Å². The van der Waals surface area contributed by atoms with Crippen molar-refractivity contribution in [3.8, 4) is 11.5 Å². The summed E-state index contributed by atoms with van der Waals surface area (Å²) in [6, 6.07) is 12.5. The van der Waals surface area contributed by atoms with Crippen molar-refractivity contribution >= 4 is 11.8 Å². The third-order valence-electron chi connectivity index (χ3n) is 4.74. The van der Waals surface area contributed by atoms with Crippen molar-refractivity contribution in [2.75, 3.05) is 20.8 Å². The Hall–Kier alpha value is -3.02. The van der Waals surface area contributed by atoms with Gasteiger partial charge in [0, 0.05) is 13.6 Å². The van der Waals surface area contributed by atoms with E-state index in [-0.39, 0.29) is 25.0 Å². The van der Waals surface area contributed by atoms with Gasteiger partial charge in [-0.15, -0.1) is 0 Å². The van der Waals surface area contributed by atoms with Gasteiger partial charge in [0.05, 0.1) is 7.11 Å². The number of rotatable bonds is 8. The largest absolute Gasteiger partial charge is 0.497 e. The fourth-order valence-electron chi connectivity index (χ4n) is 2.79. The summed E-state index contributed by atoms with van der Waals surface area (Å²) in [7, 11) is 3.14. The fourth-order valence-corrected chi connectivity index (χ4v) is 2.79. The van der Waals surface area contributed by atoms with E-state index < -0.39 is 6.04 Å². The molecule has 0 aromatic heterocycles. The molecule has 0 aliphatic heterocycles. The standard InChI is InChI=1S/C22H28N2O4/c1-15-9-10-20(11-16(15)2)28-14-21(25)24(17(3)22(26)23-4)13-18-7-6-8-19(12-18)27-5/h6-12,17H,13-14H2,1-5H3,(H,23,26)/t17-/m1/s1. The molecule has 2 amide bonds. The SMILES string of the molecule is CNC(=O)[C@@H](C)N(Cc1cccc(OC)c1)C(=O)COc1ccc(C)c(C)c1. The van der Waals surface area contributed by atoms with E-state index in [9.17, 15) is 9.59 Å². The lowest BCUT2D eigenvalue weighted by molar-refractivity contribution is -0.142. The molecule has 2 rings (SSSR count). The fraction of sp³-hybridized carbons (Fsp3) is 0.364.